The van der Waals surface area contributed by atoms with E-state index < -0.39 is 11.2 Å². The number of H-pyrrole nitrogens is 1. The summed E-state index contributed by atoms with van der Waals surface area (Å²) in [6, 6.07) is 5.53. The van der Waals surface area contributed by atoms with Gasteiger partial charge in [-0.05, 0) is 51.4 Å². The number of likely N-dealkylation sites (N-methyl/N-ethyl adjacent to an activating group) is 1. The zero-order valence-electron chi connectivity index (χ0n) is 20.6. The van der Waals surface area contributed by atoms with Gasteiger partial charge in [-0.3, -0.25) is 29.0 Å². The standard InChI is InChI=1S/C24H32N8O4/c1-3-5-12-32-20(25)19(22(34)28-24(32)35)31(4-2)18(33)15-30-13-9-16(10-14-30)23-27-21(29-36-23)17-8-6-7-11-26-17/h6-8,11,16H,3-5,9-10,12-15,25H2,1-2H3,(H,28,34,35). The van der Waals surface area contributed by atoms with Gasteiger partial charge in [0.15, 0.2) is 5.69 Å². The minimum atomic E-state index is -0.653. The van der Waals surface area contributed by atoms with Crippen LogP contribution in [-0.2, 0) is 11.3 Å². The van der Waals surface area contributed by atoms with Crippen LogP contribution in [0.1, 0.15) is 51.3 Å². The van der Waals surface area contributed by atoms with Crippen LogP contribution >= 0.6 is 0 Å². The van der Waals surface area contributed by atoms with Crippen molar-refractivity contribution in [3.63, 3.8) is 0 Å². The van der Waals surface area contributed by atoms with Crippen LogP contribution in [0, 0.1) is 0 Å². The van der Waals surface area contributed by atoms with E-state index in [-0.39, 0.29) is 36.4 Å². The second kappa shape index (κ2) is 11.3. The minimum absolute atomic E-state index is 0.0196. The molecule has 1 saturated heterocycles. The molecule has 1 fully saturated rings. The van der Waals surface area contributed by atoms with Crippen molar-refractivity contribution in [2.24, 2.45) is 0 Å². The maximum absolute atomic E-state index is 13.2. The van der Waals surface area contributed by atoms with E-state index in [1.165, 1.54) is 9.47 Å². The Morgan fingerprint density at radius 2 is 2.03 bits per heavy atom. The van der Waals surface area contributed by atoms with Crippen molar-refractivity contribution < 1.29 is 9.32 Å². The molecule has 3 aromatic heterocycles. The zero-order valence-corrected chi connectivity index (χ0v) is 20.6. The summed E-state index contributed by atoms with van der Waals surface area (Å²) in [6.45, 7) is 5.87. The number of anilines is 2. The van der Waals surface area contributed by atoms with Gasteiger partial charge >= 0.3 is 5.69 Å². The largest absolute Gasteiger partial charge is 0.383 e. The van der Waals surface area contributed by atoms with E-state index in [2.05, 4.69) is 20.1 Å². The molecule has 0 saturated carbocycles. The number of pyridine rings is 1. The van der Waals surface area contributed by atoms with Crippen molar-refractivity contribution in [1.82, 2.24) is 29.6 Å². The molecule has 192 valence electrons. The summed E-state index contributed by atoms with van der Waals surface area (Å²) in [5.41, 5.74) is 5.68. The number of likely N-dealkylation sites (tertiary alicyclic amines) is 1. The van der Waals surface area contributed by atoms with Crippen LogP contribution in [0.25, 0.3) is 11.5 Å². The normalized spacial score (nSPS) is 14.7. The first-order valence-corrected chi connectivity index (χ1v) is 12.3. The summed E-state index contributed by atoms with van der Waals surface area (Å²) in [6.07, 6.45) is 4.79. The summed E-state index contributed by atoms with van der Waals surface area (Å²) in [5.74, 6) is 0.912. The van der Waals surface area contributed by atoms with E-state index in [0.29, 0.717) is 37.0 Å². The number of rotatable bonds is 9. The van der Waals surface area contributed by atoms with E-state index in [1.54, 1.807) is 13.1 Å². The van der Waals surface area contributed by atoms with Gasteiger partial charge in [-0.1, -0.05) is 24.6 Å². The summed E-state index contributed by atoms with van der Waals surface area (Å²) < 4.78 is 6.81. The lowest BCUT2D eigenvalue weighted by molar-refractivity contribution is -0.120. The molecule has 0 spiro atoms. The predicted molar refractivity (Wildman–Crippen MR) is 135 cm³/mol. The number of nitrogens with two attached hydrogens (primary N) is 1. The van der Waals surface area contributed by atoms with Gasteiger partial charge in [0.1, 0.15) is 11.5 Å². The molecular formula is C24H32N8O4. The number of nitrogen functional groups attached to an aromatic ring is 1. The quantitative estimate of drug-likeness (QED) is 0.449. The molecule has 12 heteroatoms. The van der Waals surface area contributed by atoms with Gasteiger partial charge in [0, 0.05) is 25.2 Å². The summed E-state index contributed by atoms with van der Waals surface area (Å²) in [7, 11) is 0. The third-order valence-electron chi connectivity index (χ3n) is 6.47. The number of nitrogens with zero attached hydrogens (tertiary/aromatic N) is 6. The molecule has 4 heterocycles. The van der Waals surface area contributed by atoms with Crippen LogP contribution in [0.4, 0.5) is 11.5 Å². The molecule has 0 atom stereocenters. The van der Waals surface area contributed by atoms with Crippen LogP contribution in [-0.4, -0.2) is 61.7 Å². The molecule has 12 nitrogen and oxygen atoms in total. The first-order chi connectivity index (χ1) is 17.4. The molecule has 3 N–H and O–H groups in total. The highest BCUT2D eigenvalue weighted by atomic mass is 16.5. The average Bonchev–Trinajstić information content (AvgIpc) is 3.37. The molecule has 0 bridgehead atoms. The lowest BCUT2D eigenvalue weighted by atomic mass is 9.97. The molecule has 0 unspecified atom stereocenters. The lowest BCUT2D eigenvalue weighted by Crippen LogP contribution is -2.46. The number of aromatic nitrogens is 5. The van der Waals surface area contributed by atoms with Crippen molar-refractivity contribution >= 4 is 17.4 Å². The molecule has 36 heavy (non-hydrogen) atoms. The summed E-state index contributed by atoms with van der Waals surface area (Å²) in [4.78, 5) is 52.5. The summed E-state index contributed by atoms with van der Waals surface area (Å²) >= 11 is 0. The Bertz CT molecular complexity index is 1290. The first kappa shape index (κ1) is 25.3. The number of carbonyl (C=O) groups is 1. The van der Waals surface area contributed by atoms with Crippen LogP contribution in [0.5, 0.6) is 0 Å². The fourth-order valence-electron chi connectivity index (χ4n) is 4.45. The number of aromatic amines is 1. The van der Waals surface area contributed by atoms with Crippen molar-refractivity contribution in [3.05, 3.63) is 51.1 Å². The van der Waals surface area contributed by atoms with E-state index in [4.69, 9.17) is 10.3 Å². The van der Waals surface area contributed by atoms with Crippen LogP contribution in [0.15, 0.2) is 38.5 Å². The number of unbranched alkanes of at least 4 members (excludes halogenated alkanes) is 1. The lowest BCUT2D eigenvalue weighted by Gasteiger charge is -2.31. The highest BCUT2D eigenvalue weighted by Crippen LogP contribution is 2.28. The van der Waals surface area contributed by atoms with Crippen molar-refractivity contribution in [2.75, 3.05) is 36.8 Å². The van der Waals surface area contributed by atoms with Crippen LogP contribution < -0.4 is 21.9 Å². The van der Waals surface area contributed by atoms with Crippen molar-refractivity contribution in [3.8, 4) is 11.5 Å². The van der Waals surface area contributed by atoms with Gasteiger partial charge < -0.3 is 15.2 Å². The predicted octanol–water partition coefficient (Wildman–Crippen LogP) is 1.60. The molecule has 1 aliphatic rings. The molecule has 0 aliphatic carbocycles. The molecule has 1 aliphatic heterocycles. The second-order valence-electron chi connectivity index (χ2n) is 8.86. The SMILES string of the molecule is CCCCn1c(N)c(N(CC)C(=O)CN2CCC(c3nc(-c4ccccn4)no3)CC2)c(=O)[nH]c1=O. The number of nitrogens with one attached hydrogen (secondary N) is 1. The van der Waals surface area contributed by atoms with Gasteiger partial charge in [0.2, 0.25) is 17.6 Å². The average molecular weight is 497 g/mol. The fraction of sp³-hybridized carbons (Fsp3) is 0.500. The van der Waals surface area contributed by atoms with E-state index in [9.17, 15) is 14.4 Å². The highest BCUT2D eigenvalue weighted by Gasteiger charge is 2.29. The monoisotopic (exact) mass is 496 g/mol. The van der Waals surface area contributed by atoms with E-state index in [0.717, 1.165) is 25.7 Å². The van der Waals surface area contributed by atoms with Crippen molar-refractivity contribution in [2.45, 2.75) is 52.0 Å². The first-order valence-electron chi connectivity index (χ1n) is 12.3. The smallest absolute Gasteiger partial charge is 0.330 e. The Morgan fingerprint density at radius 3 is 2.69 bits per heavy atom. The molecule has 0 radical (unpaired) electrons. The van der Waals surface area contributed by atoms with Crippen molar-refractivity contribution in [1.29, 1.82) is 0 Å². The third-order valence-corrected chi connectivity index (χ3v) is 6.47. The summed E-state index contributed by atoms with van der Waals surface area (Å²) in [5, 5.41) is 4.05. The number of hydrogen-bond donors (Lipinski definition) is 2. The van der Waals surface area contributed by atoms with E-state index in [1.807, 2.05) is 30.0 Å². The molecule has 3 aromatic rings. The molecule has 4 rings (SSSR count). The topological polar surface area (TPSA) is 156 Å². The molecular weight excluding hydrogens is 464 g/mol. The highest BCUT2D eigenvalue weighted by molar-refractivity contribution is 5.96. The zero-order chi connectivity index (χ0) is 25.7. The minimum Gasteiger partial charge on any atom is -0.383 e. The van der Waals surface area contributed by atoms with Gasteiger partial charge in [0.05, 0.1) is 6.54 Å². The van der Waals surface area contributed by atoms with Crippen LogP contribution in [0.3, 0.4) is 0 Å². The Kier molecular flexibility index (Phi) is 7.93. The second-order valence-corrected chi connectivity index (χ2v) is 8.86. The van der Waals surface area contributed by atoms with Gasteiger partial charge in [-0.2, -0.15) is 4.98 Å². The number of amides is 1. The fourth-order valence-corrected chi connectivity index (χ4v) is 4.45. The molecule has 1 amide bonds. The Labute approximate surface area is 208 Å². The maximum atomic E-state index is 13.2. The number of hydrogen-bond acceptors (Lipinski definition) is 9. The third kappa shape index (κ3) is 5.38. The van der Waals surface area contributed by atoms with E-state index >= 15 is 0 Å². The number of piperidine rings is 1. The number of carbonyl (C=O) groups excluding carboxylic acids is 1. The molecule has 0 aromatic carbocycles. The Morgan fingerprint density at radius 1 is 1.25 bits per heavy atom. The van der Waals surface area contributed by atoms with Gasteiger partial charge in [-0.15, -0.1) is 0 Å². The van der Waals surface area contributed by atoms with Gasteiger partial charge in [0.25, 0.3) is 5.56 Å². The Hall–Kier alpha value is -3.80. The van der Waals surface area contributed by atoms with Crippen LogP contribution in [0.2, 0.25) is 0 Å². The van der Waals surface area contributed by atoms with Gasteiger partial charge in [-0.25, -0.2) is 4.79 Å². The maximum Gasteiger partial charge on any atom is 0.330 e. The Balaban J connectivity index is 1.41.